The Balaban J connectivity index is 1.75. The molecule has 1 fully saturated rings. The van der Waals surface area contributed by atoms with Crippen LogP contribution in [0.4, 0.5) is 0 Å². The van der Waals surface area contributed by atoms with Crippen molar-refractivity contribution in [1.82, 2.24) is 0 Å². The summed E-state index contributed by atoms with van der Waals surface area (Å²) in [7, 11) is 1.70. The molecule has 88 valence electrons. The van der Waals surface area contributed by atoms with E-state index in [1.807, 2.05) is 12.1 Å². The van der Waals surface area contributed by atoms with E-state index in [-0.39, 0.29) is 0 Å². The zero-order valence-corrected chi connectivity index (χ0v) is 9.82. The molecule has 0 spiro atoms. The lowest BCUT2D eigenvalue weighted by atomic mass is 10.2. The average Bonchev–Trinajstić information content (AvgIpc) is 2.82. The zero-order chi connectivity index (χ0) is 11.2. The highest BCUT2D eigenvalue weighted by molar-refractivity contribution is 5.27. The number of benzene rings is 1. The van der Waals surface area contributed by atoms with Crippen molar-refractivity contribution in [3.63, 3.8) is 0 Å². The average molecular weight is 222 g/mol. The maximum Gasteiger partial charge on any atom is 0.119 e. The Kier molecular flexibility index (Phi) is 4.19. The lowest BCUT2D eigenvalue weighted by Crippen LogP contribution is -2.84. The predicted molar refractivity (Wildman–Crippen MR) is 62.5 cm³/mol. The standard InChI is InChI=1S/C13H19NO2/c1-15-12-5-2-4-11(8-12)9-14-10-13-6-3-7-16-13/h2,4-5,8,13-14H,3,6-7,9-10H2,1H3/p+1/t13-/m0/s1. The lowest BCUT2D eigenvalue weighted by Gasteiger charge is -2.08. The number of hydrogen-bond acceptors (Lipinski definition) is 2. The lowest BCUT2D eigenvalue weighted by molar-refractivity contribution is -0.676. The van der Waals surface area contributed by atoms with Gasteiger partial charge >= 0.3 is 0 Å². The molecule has 1 aliphatic rings. The van der Waals surface area contributed by atoms with Gasteiger partial charge in [-0.15, -0.1) is 0 Å². The van der Waals surface area contributed by atoms with Crippen LogP contribution >= 0.6 is 0 Å². The summed E-state index contributed by atoms with van der Waals surface area (Å²) in [6, 6.07) is 8.23. The molecule has 1 saturated heterocycles. The maximum atomic E-state index is 5.58. The minimum absolute atomic E-state index is 0.464. The highest BCUT2D eigenvalue weighted by atomic mass is 16.5. The summed E-state index contributed by atoms with van der Waals surface area (Å²) in [4.78, 5) is 0. The second-order valence-corrected chi connectivity index (χ2v) is 4.22. The van der Waals surface area contributed by atoms with Gasteiger partial charge in [0.15, 0.2) is 0 Å². The first-order valence-corrected chi connectivity index (χ1v) is 5.94. The monoisotopic (exact) mass is 222 g/mol. The van der Waals surface area contributed by atoms with Gasteiger partial charge in [-0.3, -0.25) is 0 Å². The molecular formula is C13H20NO2+. The number of nitrogens with two attached hydrogens (primary N) is 1. The first-order chi connectivity index (χ1) is 7.88. The quantitative estimate of drug-likeness (QED) is 0.804. The van der Waals surface area contributed by atoms with Crippen molar-refractivity contribution in [2.24, 2.45) is 0 Å². The van der Waals surface area contributed by atoms with Crippen LogP contribution in [-0.4, -0.2) is 26.4 Å². The van der Waals surface area contributed by atoms with E-state index in [1.54, 1.807) is 7.11 Å². The minimum atomic E-state index is 0.464. The van der Waals surface area contributed by atoms with Gasteiger partial charge in [-0.2, -0.15) is 0 Å². The number of ether oxygens (including phenoxy) is 2. The third-order valence-electron chi connectivity index (χ3n) is 2.97. The largest absolute Gasteiger partial charge is 0.497 e. The van der Waals surface area contributed by atoms with Crippen LogP contribution in [0.3, 0.4) is 0 Å². The molecule has 0 unspecified atom stereocenters. The summed E-state index contributed by atoms with van der Waals surface area (Å²) in [6.45, 7) is 3.01. The van der Waals surface area contributed by atoms with E-state index >= 15 is 0 Å². The van der Waals surface area contributed by atoms with Gasteiger partial charge < -0.3 is 14.8 Å². The Morgan fingerprint density at radius 1 is 1.50 bits per heavy atom. The molecule has 3 nitrogen and oxygen atoms in total. The zero-order valence-electron chi connectivity index (χ0n) is 9.82. The molecule has 0 radical (unpaired) electrons. The SMILES string of the molecule is COc1cccc(C[NH2+]C[C@@H]2CCCO2)c1. The second-order valence-electron chi connectivity index (χ2n) is 4.22. The summed E-state index contributed by atoms with van der Waals surface area (Å²) in [5, 5.41) is 2.31. The third-order valence-corrected chi connectivity index (χ3v) is 2.97. The molecule has 1 aliphatic heterocycles. The highest BCUT2D eigenvalue weighted by Crippen LogP contribution is 2.12. The third kappa shape index (κ3) is 3.22. The number of methoxy groups -OCH3 is 1. The Morgan fingerprint density at radius 3 is 3.19 bits per heavy atom. The highest BCUT2D eigenvalue weighted by Gasteiger charge is 2.16. The molecule has 3 heteroatoms. The summed E-state index contributed by atoms with van der Waals surface area (Å²) in [5.74, 6) is 0.933. The first kappa shape index (κ1) is 11.4. The van der Waals surface area contributed by atoms with E-state index in [4.69, 9.17) is 9.47 Å². The van der Waals surface area contributed by atoms with Crippen molar-refractivity contribution in [3.8, 4) is 5.75 Å². The molecule has 2 rings (SSSR count). The van der Waals surface area contributed by atoms with Crippen LogP contribution in [-0.2, 0) is 11.3 Å². The first-order valence-electron chi connectivity index (χ1n) is 5.94. The van der Waals surface area contributed by atoms with Gasteiger partial charge in [0.25, 0.3) is 0 Å². The van der Waals surface area contributed by atoms with E-state index in [0.29, 0.717) is 6.10 Å². The number of hydrogen-bond donors (Lipinski definition) is 1. The molecule has 0 aromatic heterocycles. The Hall–Kier alpha value is -1.06. The van der Waals surface area contributed by atoms with E-state index < -0.39 is 0 Å². The topological polar surface area (TPSA) is 35.1 Å². The van der Waals surface area contributed by atoms with E-state index in [1.165, 1.54) is 18.4 Å². The number of rotatable bonds is 5. The van der Waals surface area contributed by atoms with Gasteiger partial charge in [-0.1, -0.05) is 12.1 Å². The van der Waals surface area contributed by atoms with Crippen LogP contribution in [0.25, 0.3) is 0 Å². The molecule has 0 bridgehead atoms. The summed E-state index contributed by atoms with van der Waals surface area (Å²) in [6.07, 6.45) is 2.90. The molecule has 1 heterocycles. The minimum Gasteiger partial charge on any atom is -0.497 e. The van der Waals surface area contributed by atoms with Crippen LogP contribution in [0.5, 0.6) is 5.75 Å². The van der Waals surface area contributed by atoms with E-state index in [0.717, 1.165) is 25.4 Å². The van der Waals surface area contributed by atoms with Gasteiger partial charge in [-0.05, 0) is 25.0 Å². The van der Waals surface area contributed by atoms with Crippen LogP contribution in [0.15, 0.2) is 24.3 Å². The fourth-order valence-corrected chi connectivity index (χ4v) is 2.07. The Morgan fingerprint density at radius 2 is 2.44 bits per heavy atom. The van der Waals surface area contributed by atoms with Crippen LogP contribution < -0.4 is 10.1 Å². The molecule has 2 N–H and O–H groups in total. The molecule has 1 atom stereocenters. The summed E-state index contributed by atoms with van der Waals surface area (Å²) >= 11 is 0. The molecule has 0 amide bonds. The maximum absolute atomic E-state index is 5.58. The van der Waals surface area contributed by atoms with Crippen molar-refractivity contribution in [3.05, 3.63) is 29.8 Å². The molecule has 1 aromatic carbocycles. The van der Waals surface area contributed by atoms with E-state index in [9.17, 15) is 0 Å². The van der Waals surface area contributed by atoms with Crippen LogP contribution in [0, 0.1) is 0 Å². The fourth-order valence-electron chi connectivity index (χ4n) is 2.07. The van der Waals surface area contributed by atoms with Crippen molar-refractivity contribution < 1.29 is 14.8 Å². The predicted octanol–water partition coefficient (Wildman–Crippen LogP) is 0.938. The molecule has 1 aromatic rings. The van der Waals surface area contributed by atoms with Crippen molar-refractivity contribution in [2.45, 2.75) is 25.5 Å². The molecular weight excluding hydrogens is 202 g/mol. The van der Waals surface area contributed by atoms with Crippen molar-refractivity contribution in [2.75, 3.05) is 20.3 Å². The normalized spacial score (nSPS) is 19.9. The molecule has 0 saturated carbocycles. The van der Waals surface area contributed by atoms with Crippen molar-refractivity contribution in [1.29, 1.82) is 0 Å². The Labute approximate surface area is 96.8 Å². The van der Waals surface area contributed by atoms with E-state index in [2.05, 4.69) is 17.4 Å². The summed E-state index contributed by atoms with van der Waals surface area (Å²) in [5.41, 5.74) is 1.30. The second kappa shape index (κ2) is 5.87. The Bertz CT molecular complexity index is 321. The van der Waals surface area contributed by atoms with Crippen LogP contribution in [0.1, 0.15) is 18.4 Å². The van der Waals surface area contributed by atoms with Gasteiger partial charge in [0.05, 0.1) is 7.11 Å². The van der Waals surface area contributed by atoms with Gasteiger partial charge in [0, 0.05) is 12.2 Å². The smallest absolute Gasteiger partial charge is 0.119 e. The van der Waals surface area contributed by atoms with Crippen LogP contribution in [0.2, 0.25) is 0 Å². The van der Waals surface area contributed by atoms with Crippen molar-refractivity contribution >= 4 is 0 Å². The van der Waals surface area contributed by atoms with Gasteiger partial charge in [-0.25, -0.2) is 0 Å². The molecule has 16 heavy (non-hydrogen) atoms. The van der Waals surface area contributed by atoms with Gasteiger partial charge in [0.2, 0.25) is 0 Å². The fraction of sp³-hybridized carbons (Fsp3) is 0.538. The summed E-state index contributed by atoms with van der Waals surface area (Å²) < 4.78 is 10.8. The molecule has 0 aliphatic carbocycles. The number of quaternary nitrogens is 1. The van der Waals surface area contributed by atoms with Gasteiger partial charge in [0.1, 0.15) is 24.9 Å².